The van der Waals surface area contributed by atoms with Gasteiger partial charge in [-0.1, -0.05) is 22.8 Å². The summed E-state index contributed by atoms with van der Waals surface area (Å²) < 4.78 is 19.3. The minimum absolute atomic E-state index is 0.251. The highest BCUT2D eigenvalue weighted by molar-refractivity contribution is 6.31. The zero-order valence-electron chi connectivity index (χ0n) is 14.7. The van der Waals surface area contributed by atoms with Crippen LogP contribution in [0, 0.1) is 5.82 Å². The lowest BCUT2D eigenvalue weighted by atomic mass is 10.2. The Morgan fingerprint density at radius 2 is 1.81 bits per heavy atom. The van der Waals surface area contributed by atoms with E-state index in [4.69, 9.17) is 16.1 Å². The Morgan fingerprint density at radius 3 is 2.52 bits per heavy atom. The van der Waals surface area contributed by atoms with Crippen molar-refractivity contribution in [3.8, 4) is 11.4 Å². The molecule has 1 saturated heterocycles. The number of benzene rings is 1. The SMILES string of the molecule is Fc1cccc(Cl)c1CN1CCN(Cc2nc(-c3cccnc3)no2)CC1. The second-order valence-electron chi connectivity index (χ2n) is 6.51. The van der Waals surface area contributed by atoms with Crippen LogP contribution in [-0.2, 0) is 13.1 Å². The number of hydrogen-bond acceptors (Lipinski definition) is 6. The third kappa shape index (κ3) is 4.32. The van der Waals surface area contributed by atoms with Crippen LogP contribution >= 0.6 is 11.6 Å². The molecule has 0 atom stereocenters. The average molecular weight is 388 g/mol. The predicted octanol–water partition coefficient (Wildman–Crippen LogP) is 3.24. The van der Waals surface area contributed by atoms with E-state index in [1.807, 2.05) is 12.1 Å². The number of hydrogen-bond donors (Lipinski definition) is 0. The molecule has 1 fully saturated rings. The topological polar surface area (TPSA) is 58.3 Å². The van der Waals surface area contributed by atoms with Gasteiger partial charge in [0.15, 0.2) is 0 Å². The van der Waals surface area contributed by atoms with Gasteiger partial charge >= 0.3 is 0 Å². The number of rotatable bonds is 5. The molecule has 1 aliphatic heterocycles. The zero-order valence-corrected chi connectivity index (χ0v) is 15.4. The van der Waals surface area contributed by atoms with Gasteiger partial charge in [0, 0.05) is 61.3 Å². The Bertz CT molecular complexity index is 876. The van der Waals surface area contributed by atoms with Crippen molar-refractivity contribution in [1.29, 1.82) is 0 Å². The van der Waals surface area contributed by atoms with Crippen molar-refractivity contribution in [3.05, 3.63) is 65.0 Å². The molecule has 0 amide bonds. The maximum atomic E-state index is 14.0. The van der Waals surface area contributed by atoms with Crippen molar-refractivity contribution in [2.75, 3.05) is 26.2 Å². The lowest BCUT2D eigenvalue weighted by Gasteiger charge is -2.34. The van der Waals surface area contributed by atoms with Gasteiger partial charge in [-0.3, -0.25) is 14.8 Å². The van der Waals surface area contributed by atoms with Crippen LogP contribution in [0.1, 0.15) is 11.5 Å². The molecule has 0 spiro atoms. The molecule has 0 radical (unpaired) electrons. The minimum Gasteiger partial charge on any atom is -0.338 e. The fourth-order valence-electron chi connectivity index (χ4n) is 3.14. The fourth-order valence-corrected chi connectivity index (χ4v) is 3.36. The zero-order chi connectivity index (χ0) is 18.6. The van der Waals surface area contributed by atoms with Crippen LogP contribution in [0.2, 0.25) is 5.02 Å². The molecule has 1 aromatic carbocycles. The molecule has 4 rings (SSSR count). The van der Waals surface area contributed by atoms with Gasteiger partial charge in [-0.2, -0.15) is 4.98 Å². The number of pyridine rings is 1. The maximum Gasteiger partial charge on any atom is 0.241 e. The molecule has 3 aromatic rings. The van der Waals surface area contributed by atoms with Gasteiger partial charge in [0.25, 0.3) is 0 Å². The number of halogens is 2. The first-order chi connectivity index (χ1) is 13.2. The highest BCUT2D eigenvalue weighted by atomic mass is 35.5. The second kappa shape index (κ2) is 8.12. The van der Waals surface area contributed by atoms with Gasteiger partial charge in [-0.25, -0.2) is 4.39 Å². The van der Waals surface area contributed by atoms with E-state index in [2.05, 4.69) is 24.9 Å². The highest BCUT2D eigenvalue weighted by Crippen LogP contribution is 2.22. The first-order valence-electron chi connectivity index (χ1n) is 8.79. The maximum absolute atomic E-state index is 14.0. The normalized spacial score (nSPS) is 15.9. The summed E-state index contributed by atoms with van der Waals surface area (Å²) >= 11 is 6.13. The van der Waals surface area contributed by atoms with Crippen molar-refractivity contribution in [2.45, 2.75) is 13.1 Å². The van der Waals surface area contributed by atoms with Gasteiger partial charge in [-0.15, -0.1) is 0 Å². The predicted molar refractivity (Wildman–Crippen MR) is 99.5 cm³/mol. The van der Waals surface area contributed by atoms with Crippen LogP contribution in [0.5, 0.6) is 0 Å². The second-order valence-corrected chi connectivity index (χ2v) is 6.91. The summed E-state index contributed by atoms with van der Waals surface area (Å²) in [7, 11) is 0. The van der Waals surface area contributed by atoms with Crippen molar-refractivity contribution in [3.63, 3.8) is 0 Å². The molecule has 0 unspecified atom stereocenters. The van der Waals surface area contributed by atoms with E-state index in [0.29, 0.717) is 35.4 Å². The lowest BCUT2D eigenvalue weighted by Crippen LogP contribution is -2.45. The molecule has 3 heterocycles. The molecule has 0 saturated carbocycles. The third-order valence-electron chi connectivity index (χ3n) is 4.66. The molecule has 6 nitrogen and oxygen atoms in total. The van der Waals surface area contributed by atoms with Gasteiger partial charge < -0.3 is 4.52 Å². The van der Waals surface area contributed by atoms with E-state index >= 15 is 0 Å². The summed E-state index contributed by atoms with van der Waals surface area (Å²) in [5.41, 5.74) is 1.39. The van der Waals surface area contributed by atoms with Gasteiger partial charge in [-0.05, 0) is 24.3 Å². The first kappa shape index (κ1) is 18.0. The molecule has 2 aromatic heterocycles. The third-order valence-corrected chi connectivity index (χ3v) is 5.01. The van der Waals surface area contributed by atoms with Crippen LogP contribution in [0.15, 0.2) is 47.2 Å². The van der Waals surface area contributed by atoms with Gasteiger partial charge in [0.05, 0.1) is 6.54 Å². The lowest BCUT2D eigenvalue weighted by molar-refractivity contribution is 0.111. The first-order valence-corrected chi connectivity index (χ1v) is 9.17. The molecule has 1 aliphatic rings. The summed E-state index contributed by atoms with van der Waals surface area (Å²) in [4.78, 5) is 13.0. The molecule has 140 valence electrons. The molecular weight excluding hydrogens is 369 g/mol. The molecule has 0 aliphatic carbocycles. The summed E-state index contributed by atoms with van der Waals surface area (Å²) in [6.45, 7) is 4.46. The monoisotopic (exact) mass is 387 g/mol. The standard InChI is InChI=1S/C19H19ClFN5O/c20-16-4-1-5-17(21)15(16)12-25-7-9-26(10-8-25)13-18-23-19(24-27-18)14-3-2-6-22-11-14/h1-6,11H,7-10,12-13H2. The van der Waals surface area contributed by atoms with E-state index in [9.17, 15) is 4.39 Å². The van der Waals surface area contributed by atoms with E-state index in [0.717, 1.165) is 31.7 Å². The fraction of sp³-hybridized carbons (Fsp3) is 0.316. The van der Waals surface area contributed by atoms with Gasteiger partial charge in [0.1, 0.15) is 5.82 Å². The summed E-state index contributed by atoms with van der Waals surface area (Å²) in [6.07, 6.45) is 3.42. The van der Waals surface area contributed by atoms with Crippen LogP contribution in [0.4, 0.5) is 4.39 Å². The molecule has 0 N–H and O–H groups in total. The van der Waals surface area contributed by atoms with E-state index in [-0.39, 0.29) is 5.82 Å². The van der Waals surface area contributed by atoms with Crippen LogP contribution in [0.3, 0.4) is 0 Å². The van der Waals surface area contributed by atoms with E-state index in [1.165, 1.54) is 6.07 Å². The number of aromatic nitrogens is 3. The Labute approximate surface area is 161 Å². The van der Waals surface area contributed by atoms with Crippen molar-refractivity contribution >= 4 is 11.6 Å². The smallest absolute Gasteiger partial charge is 0.241 e. The molecule has 27 heavy (non-hydrogen) atoms. The molecular formula is C19H19ClFN5O. The Morgan fingerprint density at radius 1 is 1.04 bits per heavy atom. The van der Waals surface area contributed by atoms with Crippen molar-refractivity contribution < 1.29 is 8.91 Å². The summed E-state index contributed by atoms with van der Waals surface area (Å²) in [5, 5.41) is 4.50. The average Bonchev–Trinajstić information content (AvgIpc) is 3.15. The van der Waals surface area contributed by atoms with Crippen LogP contribution < -0.4 is 0 Å². The quantitative estimate of drug-likeness (QED) is 0.669. The Kier molecular flexibility index (Phi) is 5.42. The summed E-state index contributed by atoms with van der Waals surface area (Å²) in [6, 6.07) is 8.54. The van der Waals surface area contributed by atoms with Crippen molar-refractivity contribution in [2.24, 2.45) is 0 Å². The van der Waals surface area contributed by atoms with E-state index < -0.39 is 0 Å². The van der Waals surface area contributed by atoms with Crippen LogP contribution in [-0.4, -0.2) is 51.1 Å². The Balaban J connectivity index is 1.32. The largest absolute Gasteiger partial charge is 0.338 e. The van der Waals surface area contributed by atoms with Crippen LogP contribution in [0.25, 0.3) is 11.4 Å². The number of nitrogens with zero attached hydrogens (tertiary/aromatic N) is 5. The van der Waals surface area contributed by atoms with Crippen molar-refractivity contribution in [1.82, 2.24) is 24.9 Å². The molecule has 0 bridgehead atoms. The Hall–Kier alpha value is -2.35. The number of piperazine rings is 1. The minimum atomic E-state index is -0.251. The highest BCUT2D eigenvalue weighted by Gasteiger charge is 2.21. The summed E-state index contributed by atoms with van der Waals surface area (Å²) in [5.74, 6) is 0.879. The molecule has 8 heteroatoms. The van der Waals surface area contributed by atoms with Gasteiger partial charge in [0.2, 0.25) is 11.7 Å². The van der Waals surface area contributed by atoms with E-state index in [1.54, 1.807) is 24.5 Å².